The fraction of sp³-hybridized carbons (Fsp3) is 0.0909. The highest BCUT2D eigenvalue weighted by atomic mass is 32.2. The largest absolute Gasteiger partial charge is 0.103 e. The summed E-state index contributed by atoms with van der Waals surface area (Å²) in [5.41, 5.74) is 0. The third kappa shape index (κ3) is 3.44. The maximum Gasteiger partial charge on any atom is 0.0116 e. The fourth-order valence-corrected chi connectivity index (χ4v) is 1.46. The number of allylic oxidation sites excluding steroid dienone is 2. The molecule has 0 heterocycles. The Labute approximate surface area is 78.0 Å². The van der Waals surface area contributed by atoms with Gasteiger partial charge in [-0.05, 0) is 24.0 Å². The van der Waals surface area contributed by atoms with Crippen LogP contribution in [-0.4, -0.2) is 0 Å². The van der Waals surface area contributed by atoms with Crippen molar-refractivity contribution in [2.45, 2.75) is 11.3 Å². The van der Waals surface area contributed by atoms with Crippen molar-refractivity contribution in [1.82, 2.24) is 0 Å². The smallest absolute Gasteiger partial charge is 0.0116 e. The fourth-order valence-electron chi connectivity index (χ4n) is 0.778. The summed E-state index contributed by atoms with van der Waals surface area (Å²) in [5.74, 6) is 0. The highest BCUT2D eigenvalue weighted by molar-refractivity contribution is 8.02. The van der Waals surface area contributed by atoms with Crippen molar-refractivity contribution >= 4 is 11.8 Å². The molecule has 62 valence electrons. The molecule has 0 atom stereocenters. The van der Waals surface area contributed by atoms with E-state index in [-0.39, 0.29) is 0 Å². The van der Waals surface area contributed by atoms with Crippen LogP contribution in [0.2, 0.25) is 0 Å². The van der Waals surface area contributed by atoms with Crippen molar-refractivity contribution < 1.29 is 0 Å². The quantitative estimate of drug-likeness (QED) is 0.495. The van der Waals surface area contributed by atoms with Gasteiger partial charge in [0.2, 0.25) is 0 Å². The Kier molecular flexibility index (Phi) is 4.32. The van der Waals surface area contributed by atoms with Crippen LogP contribution < -0.4 is 0 Å². The lowest BCUT2D eigenvalue weighted by atomic mass is 10.4. The van der Waals surface area contributed by atoms with Gasteiger partial charge in [-0.25, -0.2) is 0 Å². The standard InChI is InChI=1S/C11H12S/c1-2-3-7-10-12-11-8-5-4-6-9-11/h2,4-10H,1,3H2. The molecular formula is C11H12S. The normalized spacial score (nSPS) is 10.3. The maximum absolute atomic E-state index is 3.64. The van der Waals surface area contributed by atoms with E-state index < -0.39 is 0 Å². The molecule has 0 saturated carbocycles. The van der Waals surface area contributed by atoms with Gasteiger partial charge in [-0.1, -0.05) is 42.1 Å². The molecule has 0 fully saturated rings. The molecule has 0 nitrogen and oxygen atoms in total. The summed E-state index contributed by atoms with van der Waals surface area (Å²) < 4.78 is 0. The van der Waals surface area contributed by atoms with Crippen molar-refractivity contribution in [1.29, 1.82) is 0 Å². The van der Waals surface area contributed by atoms with E-state index in [1.807, 2.05) is 24.3 Å². The molecule has 0 aromatic heterocycles. The first-order valence-electron chi connectivity index (χ1n) is 3.91. The van der Waals surface area contributed by atoms with Crippen molar-refractivity contribution in [3.63, 3.8) is 0 Å². The number of hydrogen-bond acceptors (Lipinski definition) is 1. The first kappa shape index (κ1) is 9.14. The second kappa shape index (κ2) is 5.67. The van der Waals surface area contributed by atoms with E-state index in [1.165, 1.54) is 4.90 Å². The molecule has 0 aliphatic heterocycles. The van der Waals surface area contributed by atoms with Crippen molar-refractivity contribution in [2.75, 3.05) is 0 Å². The highest BCUT2D eigenvalue weighted by Gasteiger charge is 1.84. The third-order valence-corrected chi connectivity index (χ3v) is 2.22. The van der Waals surface area contributed by atoms with Crippen LogP contribution >= 0.6 is 11.8 Å². The molecule has 1 rings (SSSR count). The molecule has 0 radical (unpaired) electrons. The van der Waals surface area contributed by atoms with Crippen LogP contribution in [0.15, 0.2) is 59.4 Å². The molecule has 0 spiro atoms. The topological polar surface area (TPSA) is 0 Å². The Morgan fingerprint density at radius 1 is 1.25 bits per heavy atom. The molecule has 0 saturated heterocycles. The van der Waals surface area contributed by atoms with Crippen LogP contribution in [0, 0.1) is 0 Å². The summed E-state index contributed by atoms with van der Waals surface area (Å²) in [6, 6.07) is 10.3. The molecule has 0 N–H and O–H groups in total. The van der Waals surface area contributed by atoms with Crippen molar-refractivity contribution in [2.24, 2.45) is 0 Å². The summed E-state index contributed by atoms with van der Waals surface area (Å²) in [6.07, 6.45) is 4.94. The summed E-state index contributed by atoms with van der Waals surface area (Å²) >= 11 is 1.73. The Bertz CT molecular complexity index is 249. The first-order valence-corrected chi connectivity index (χ1v) is 4.79. The van der Waals surface area contributed by atoms with Crippen LogP contribution in [0.5, 0.6) is 0 Å². The van der Waals surface area contributed by atoms with Gasteiger partial charge in [-0.15, -0.1) is 6.58 Å². The minimum atomic E-state index is 0.944. The second-order valence-electron chi connectivity index (χ2n) is 2.33. The molecule has 1 aromatic rings. The summed E-state index contributed by atoms with van der Waals surface area (Å²) in [4.78, 5) is 1.28. The van der Waals surface area contributed by atoms with Gasteiger partial charge in [-0.2, -0.15) is 0 Å². The predicted molar refractivity (Wildman–Crippen MR) is 56.3 cm³/mol. The highest BCUT2D eigenvalue weighted by Crippen LogP contribution is 2.17. The molecule has 0 unspecified atom stereocenters. The molecule has 12 heavy (non-hydrogen) atoms. The molecule has 1 aromatic carbocycles. The van der Waals surface area contributed by atoms with Gasteiger partial charge in [0.15, 0.2) is 0 Å². The average molecular weight is 176 g/mol. The van der Waals surface area contributed by atoms with Crippen molar-refractivity contribution in [3.05, 3.63) is 54.5 Å². The second-order valence-corrected chi connectivity index (χ2v) is 3.31. The van der Waals surface area contributed by atoms with Crippen molar-refractivity contribution in [3.8, 4) is 0 Å². The first-order chi connectivity index (χ1) is 5.93. The number of hydrogen-bond donors (Lipinski definition) is 0. The SMILES string of the molecule is C=CCC=CSc1ccccc1. The van der Waals surface area contributed by atoms with Crippen LogP contribution in [0.3, 0.4) is 0 Å². The van der Waals surface area contributed by atoms with Gasteiger partial charge in [0.05, 0.1) is 0 Å². The van der Waals surface area contributed by atoms with Gasteiger partial charge >= 0.3 is 0 Å². The van der Waals surface area contributed by atoms with E-state index >= 15 is 0 Å². The lowest BCUT2D eigenvalue weighted by molar-refractivity contribution is 1.41. The predicted octanol–water partition coefficient (Wildman–Crippen LogP) is 3.87. The number of thioether (sulfide) groups is 1. The third-order valence-electron chi connectivity index (χ3n) is 1.35. The van der Waals surface area contributed by atoms with E-state index in [0.29, 0.717) is 0 Å². The lowest BCUT2D eigenvalue weighted by Crippen LogP contribution is -1.64. The molecule has 0 amide bonds. The average Bonchev–Trinajstić information content (AvgIpc) is 2.14. The van der Waals surface area contributed by atoms with E-state index in [0.717, 1.165) is 6.42 Å². The van der Waals surface area contributed by atoms with Gasteiger partial charge in [-0.3, -0.25) is 0 Å². The van der Waals surface area contributed by atoms with Crippen LogP contribution in [-0.2, 0) is 0 Å². The maximum atomic E-state index is 3.64. The summed E-state index contributed by atoms with van der Waals surface area (Å²) in [6.45, 7) is 3.64. The van der Waals surface area contributed by atoms with E-state index in [1.54, 1.807) is 11.8 Å². The van der Waals surface area contributed by atoms with E-state index in [2.05, 4.69) is 30.2 Å². The number of benzene rings is 1. The van der Waals surface area contributed by atoms with Crippen LogP contribution in [0.1, 0.15) is 6.42 Å². The van der Waals surface area contributed by atoms with E-state index in [9.17, 15) is 0 Å². The Morgan fingerprint density at radius 3 is 2.67 bits per heavy atom. The minimum absolute atomic E-state index is 0.944. The van der Waals surface area contributed by atoms with Gasteiger partial charge in [0.25, 0.3) is 0 Å². The summed E-state index contributed by atoms with van der Waals surface area (Å²) in [5, 5.41) is 2.09. The Morgan fingerprint density at radius 2 is 2.00 bits per heavy atom. The number of rotatable bonds is 4. The molecule has 0 aliphatic carbocycles. The Balaban J connectivity index is 2.38. The molecular weight excluding hydrogens is 164 g/mol. The van der Waals surface area contributed by atoms with E-state index in [4.69, 9.17) is 0 Å². The zero-order valence-electron chi connectivity index (χ0n) is 6.94. The van der Waals surface area contributed by atoms with Gasteiger partial charge in [0, 0.05) is 4.90 Å². The Hall–Kier alpha value is -0.950. The summed E-state index contributed by atoms with van der Waals surface area (Å²) in [7, 11) is 0. The lowest BCUT2D eigenvalue weighted by Gasteiger charge is -1.92. The zero-order chi connectivity index (χ0) is 8.65. The van der Waals surface area contributed by atoms with Gasteiger partial charge < -0.3 is 0 Å². The molecule has 0 bridgehead atoms. The zero-order valence-corrected chi connectivity index (χ0v) is 7.76. The monoisotopic (exact) mass is 176 g/mol. The van der Waals surface area contributed by atoms with Crippen LogP contribution in [0.4, 0.5) is 0 Å². The minimum Gasteiger partial charge on any atom is -0.103 e. The van der Waals surface area contributed by atoms with Gasteiger partial charge in [0.1, 0.15) is 0 Å². The van der Waals surface area contributed by atoms with Crippen LogP contribution in [0.25, 0.3) is 0 Å². The molecule has 0 aliphatic rings. The molecule has 1 heteroatoms.